The summed E-state index contributed by atoms with van der Waals surface area (Å²) < 4.78 is 5.53. The molecule has 1 heterocycles. The maximum Gasteiger partial charge on any atom is 0.0725 e. The van der Waals surface area contributed by atoms with Crippen LogP contribution in [0.5, 0.6) is 0 Å². The van der Waals surface area contributed by atoms with Crippen LogP contribution < -0.4 is 5.32 Å². The van der Waals surface area contributed by atoms with Gasteiger partial charge in [0.05, 0.1) is 13.2 Å². The van der Waals surface area contributed by atoms with E-state index in [1.165, 1.54) is 27.8 Å². The van der Waals surface area contributed by atoms with Crippen LogP contribution in [-0.4, -0.2) is 6.54 Å². The minimum absolute atomic E-state index is 0.363. The van der Waals surface area contributed by atoms with Crippen molar-refractivity contribution >= 4 is 0 Å². The van der Waals surface area contributed by atoms with Crippen molar-refractivity contribution in [2.24, 2.45) is 0 Å². The molecule has 0 saturated carbocycles. The average Bonchev–Trinajstić information content (AvgIpc) is 2.96. The molecule has 2 heteroatoms. The van der Waals surface area contributed by atoms with Crippen molar-refractivity contribution < 1.29 is 4.74 Å². The fourth-order valence-corrected chi connectivity index (χ4v) is 3.02. The zero-order valence-corrected chi connectivity index (χ0v) is 12.9. The van der Waals surface area contributed by atoms with E-state index in [4.69, 9.17) is 4.74 Å². The topological polar surface area (TPSA) is 21.3 Å². The molecule has 0 radical (unpaired) electrons. The van der Waals surface area contributed by atoms with Crippen LogP contribution in [0.3, 0.4) is 0 Å². The minimum atomic E-state index is 0.363. The van der Waals surface area contributed by atoms with Crippen molar-refractivity contribution in [2.45, 2.75) is 39.5 Å². The van der Waals surface area contributed by atoms with Crippen LogP contribution in [-0.2, 0) is 24.4 Å². The molecule has 1 atom stereocenters. The molecule has 0 spiro atoms. The van der Waals surface area contributed by atoms with Gasteiger partial charge in [0.2, 0.25) is 0 Å². The first-order valence-electron chi connectivity index (χ1n) is 7.75. The molecule has 0 bridgehead atoms. The maximum atomic E-state index is 5.53. The summed E-state index contributed by atoms with van der Waals surface area (Å²) in [5.74, 6) is 0. The molecule has 0 saturated heterocycles. The van der Waals surface area contributed by atoms with E-state index < -0.39 is 0 Å². The largest absolute Gasteiger partial charge is 0.372 e. The Morgan fingerprint density at radius 2 is 1.90 bits per heavy atom. The van der Waals surface area contributed by atoms with Gasteiger partial charge in [-0.05, 0) is 47.7 Å². The summed E-state index contributed by atoms with van der Waals surface area (Å²) in [6.45, 7) is 6.85. The Morgan fingerprint density at radius 3 is 2.71 bits per heavy atom. The van der Waals surface area contributed by atoms with Gasteiger partial charge in [0.25, 0.3) is 0 Å². The molecule has 0 fully saturated rings. The summed E-state index contributed by atoms with van der Waals surface area (Å²) in [5, 5.41) is 3.62. The highest BCUT2D eigenvalue weighted by Gasteiger charge is 2.16. The lowest BCUT2D eigenvalue weighted by molar-refractivity contribution is 0.134. The second-order valence-electron chi connectivity index (χ2n) is 5.76. The summed E-state index contributed by atoms with van der Waals surface area (Å²) in [7, 11) is 0. The second kappa shape index (κ2) is 6.42. The molecule has 0 aliphatic carbocycles. The summed E-state index contributed by atoms with van der Waals surface area (Å²) >= 11 is 0. The highest BCUT2D eigenvalue weighted by Crippen LogP contribution is 2.26. The van der Waals surface area contributed by atoms with Gasteiger partial charge in [-0.15, -0.1) is 0 Å². The Balaban J connectivity index is 1.86. The molecule has 1 aliphatic heterocycles. The Labute approximate surface area is 127 Å². The number of benzene rings is 2. The predicted octanol–water partition coefficient (Wildman–Crippen LogP) is 3.92. The molecule has 110 valence electrons. The van der Waals surface area contributed by atoms with E-state index in [0.29, 0.717) is 6.04 Å². The predicted molar refractivity (Wildman–Crippen MR) is 86.2 cm³/mol. The normalized spacial score (nSPS) is 15.0. The maximum absolute atomic E-state index is 5.53. The first-order chi connectivity index (χ1) is 10.3. The molecule has 2 aromatic carbocycles. The third kappa shape index (κ3) is 3.17. The van der Waals surface area contributed by atoms with Crippen molar-refractivity contribution in [3.05, 3.63) is 70.3 Å². The molecule has 3 rings (SSSR count). The number of nitrogens with one attached hydrogen (secondary N) is 1. The molecular formula is C19H23NO. The molecule has 0 aromatic heterocycles. The highest BCUT2D eigenvalue weighted by atomic mass is 16.5. The van der Waals surface area contributed by atoms with Gasteiger partial charge in [-0.25, -0.2) is 0 Å². The zero-order valence-electron chi connectivity index (χ0n) is 12.9. The van der Waals surface area contributed by atoms with Crippen molar-refractivity contribution in [1.82, 2.24) is 5.32 Å². The van der Waals surface area contributed by atoms with E-state index in [2.05, 4.69) is 61.6 Å². The van der Waals surface area contributed by atoms with E-state index >= 15 is 0 Å². The van der Waals surface area contributed by atoms with Crippen molar-refractivity contribution in [1.29, 1.82) is 0 Å². The Bertz CT molecular complexity index is 621. The summed E-state index contributed by atoms with van der Waals surface area (Å²) in [4.78, 5) is 0. The van der Waals surface area contributed by atoms with E-state index in [0.717, 1.165) is 26.2 Å². The third-order valence-corrected chi connectivity index (χ3v) is 4.28. The van der Waals surface area contributed by atoms with Crippen molar-refractivity contribution in [3.8, 4) is 0 Å². The fraction of sp³-hybridized carbons (Fsp3) is 0.368. The van der Waals surface area contributed by atoms with Gasteiger partial charge in [0, 0.05) is 6.04 Å². The Hall–Kier alpha value is -1.64. The number of fused-ring (bicyclic) bond motifs is 1. The SMILES string of the molecule is CCNC(Cc1ccccc1C)c1ccc2c(c1)COC2. The Kier molecular flexibility index (Phi) is 4.37. The summed E-state index contributed by atoms with van der Waals surface area (Å²) in [6, 6.07) is 15.8. The van der Waals surface area contributed by atoms with Crippen LogP contribution in [0.1, 0.15) is 40.8 Å². The Morgan fingerprint density at radius 1 is 1.10 bits per heavy atom. The lowest BCUT2D eigenvalue weighted by atomic mass is 9.94. The second-order valence-corrected chi connectivity index (χ2v) is 5.76. The van der Waals surface area contributed by atoms with Crippen LogP contribution in [0, 0.1) is 6.92 Å². The molecule has 1 aliphatic rings. The van der Waals surface area contributed by atoms with Crippen molar-refractivity contribution in [3.63, 3.8) is 0 Å². The third-order valence-electron chi connectivity index (χ3n) is 4.28. The zero-order chi connectivity index (χ0) is 14.7. The number of hydrogen-bond acceptors (Lipinski definition) is 2. The number of likely N-dealkylation sites (N-methyl/N-ethyl adjacent to an activating group) is 1. The van der Waals surface area contributed by atoms with E-state index in [-0.39, 0.29) is 0 Å². The van der Waals surface area contributed by atoms with E-state index in [1.807, 2.05) is 0 Å². The van der Waals surface area contributed by atoms with Crippen molar-refractivity contribution in [2.75, 3.05) is 6.54 Å². The van der Waals surface area contributed by atoms with Crippen LogP contribution in [0.2, 0.25) is 0 Å². The molecule has 2 aromatic rings. The molecule has 1 N–H and O–H groups in total. The first-order valence-corrected chi connectivity index (χ1v) is 7.75. The number of rotatable bonds is 5. The lowest BCUT2D eigenvalue weighted by Crippen LogP contribution is -2.23. The average molecular weight is 281 g/mol. The fourth-order valence-electron chi connectivity index (χ4n) is 3.02. The number of ether oxygens (including phenoxy) is 1. The minimum Gasteiger partial charge on any atom is -0.372 e. The smallest absolute Gasteiger partial charge is 0.0725 e. The quantitative estimate of drug-likeness (QED) is 0.897. The van der Waals surface area contributed by atoms with Crippen LogP contribution >= 0.6 is 0 Å². The molecule has 21 heavy (non-hydrogen) atoms. The van der Waals surface area contributed by atoms with Gasteiger partial charge in [-0.3, -0.25) is 0 Å². The standard InChI is InChI=1S/C19H23NO/c1-3-20-19(11-15-7-5-4-6-14(15)2)16-8-9-17-12-21-13-18(17)10-16/h4-10,19-20H,3,11-13H2,1-2H3. The molecule has 1 unspecified atom stereocenters. The van der Waals surface area contributed by atoms with Gasteiger partial charge < -0.3 is 10.1 Å². The molecular weight excluding hydrogens is 258 g/mol. The summed E-state index contributed by atoms with van der Waals surface area (Å²) in [5.41, 5.74) is 6.83. The molecule has 2 nitrogen and oxygen atoms in total. The van der Waals surface area contributed by atoms with Gasteiger partial charge in [-0.2, -0.15) is 0 Å². The van der Waals surface area contributed by atoms with Gasteiger partial charge in [0.1, 0.15) is 0 Å². The summed E-state index contributed by atoms with van der Waals surface area (Å²) in [6.07, 6.45) is 1.03. The molecule has 0 amide bonds. The van der Waals surface area contributed by atoms with Crippen LogP contribution in [0.4, 0.5) is 0 Å². The van der Waals surface area contributed by atoms with Gasteiger partial charge in [0.15, 0.2) is 0 Å². The van der Waals surface area contributed by atoms with Crippen LogP contribution in [0.15, 0.2) is 42.5 Å². The highest BCUT2D eigenvalue weighted by molar-refractivity contribution is 5.36. The van der Waals surface area contributed by atoms with E-state index in [1.54, 1.807) is 0 Å². The number of hydrogen-bond donors (Lipinski definition) is 1. The monoisotopic (exact) mass is 281 g/mol. The van der Waals surface area contributed by atoms with Crippen LogP contribution in [0.25, 0.3) is 0 Å². The lowest BCUT2D eigenvalue weighted by Gasteiger charge is -2.20. The van der Waals surface area contributed by atoms with E-state index in [9.17, 15) is 0 Å². The number of aryl methyl sites for hydroxylation is 1. The van der Waals surface area contributed by atoms with Gasteiger partial charge in [-0.1, -0.05) is 49.4 Å². The van der Waals surface area contributed by atoms with Gasteiger partial charge >= 0.3 is 0 Å². The first kappa shape index (κ1) is 14.3.